The van der Waals surface area contributed by atoms with Gasteiger partial charge in [0.05, 0.1) is 12.0 Å². The van der Waals surface area contributed by atoms with E-state index in [-0.39, 0.29) is 18.5 Å². The fourth-order valence-electron chi connectivity index (χ4n) is 2.33. The molecule has 1 N–H and O–H groups in total. The van der Waals surface area contributed by atoms with Crippen LogP contribution in [0.2, 0.25) is 0 Å². The van der Waals surface area contributed by atoms with Gasteiger partial charge in [-0.3, -0.25) is 4.79 Å². The molecule has 1 unspecified atom stereocenters. The molecule has 0 aromatic carbocycles. The van der Waals surface area contributed by atoms with Crippen molar-refractivity contribution in [1.29, 1.82) is 0 Å². The number of esters is 1. The van der Waals surface area contributed by atoms with Crippen LogP contribution in [-0.4, -0.2) is 24.3 Å². The smallest absolute Gasteiger partial charge is 0.311 e. The molecule has 0 aliphatic heterocycles. The summed E-state index contributed by atoms with van der Waals surface area (Å²) in [6.45, 7) is 16.6. The van der Waals surface area contributed by atoms with E-state index < -0.39 is 5.41 Å². The molecule has 2 atom stereocenters. The van der Waals surface area contributed by atoms with Crippen molar-refractivity contribution in [2.75, 3.05) is 13.2 Å². The molecule has 0 aliphatic rings. The van der Waals surface area contributed by atoms with Crippen LogP contribution in [0, 0.1) is 17.3 Å². The molecule has 3 nitrogen and oxygen atoms in total. The average molecular weight is 339 g/mol. The molecule has 0 aliphatic carbocycles. The molecule has 0 aromatic heterocycles. The summed E-state index contributed by atoms with van der Waals surface area (Å²) >= 11 is 0. The Morgan fingerprint density at radius 2 is 1.83 bits per heavy atom. The van der Waals surface area contributed by atoms with Crippen LogP contribution in [0.3, 0.4) is 0 Å². The minimum absolute atomic E-state index is 0.124. The van der Waals surface area contributed by atoms with Crippen molar-refractivity contribution in [3.63, 3.8) is 0 Å². The second-order valence-corrected chi connectivity index (χ2v) is 8.17. The maximum absolute atomic E-state index is 11.7. The molecule has 0 amide bonds. The van der Waals surface area contributed by atoms with Crippen LogP contribution >= 0.6 is 0 Å². The highest BCUT2D eigenvalue weighted by atomic mass is 16.5. The Morgan fingerprint density at radius 3 is 2.33 bits per heavy atom. The van der Waals surface area contributed by atoms with Crippen LogP contribution in [0.5, 0.6) is 0 Å². The summed E-state index contributed by atoms with van der Waals surface area (Å²) in [6.07, 6.45) is 7.34. The molecular formula is C21H38O3. The molecule has 0 bridgehead atoms. The van der Waals surface area contributed by atoms with E-state index >= 15 is 0 Å². The van der Waals surface area contributed by atoms with Gasteiger partial charge < -0.3 is 9.84 Å². The predicted octanol–water partition coefficient (Wildman–Crippen LogP) is 5.29. The predicted molar refractivity (Wildman–Crippen MR) is 102 cm³/mol. The molecule has 0 saturated heterocycles. The number of carbonyl (C=O) groups is 1. The van der Waals surface area contributed by atoms with Crippen molar-refractivity contribution in [3.05, 3.63) is 23.8 Å². The number of hydrogen-bond donors (Lipinski definition) is 1. The van der Waals surface area contributed by atoms with Gasteiger partial charge in [0.2, 0.25) is 0 Å². The lowest BCUT2D eigenvalue weighted by Gasteiger charge is -2.18. The Hall–Kier alpha value is -1.09. The number of carbonyl (C=O) groups excluding carboxylic acids is 1. The highest BCUT2D eigenvalue weighted by Gasteiger charge is 2.22. The van der Waals surface area contributed by atoms with Crippen LogP contribution in [0.25, 0.3) is 0 Å². The van der Waals surface area contributed by atoms with Gasteiger partial charge in [-0.15, -0.1) is 0 Å². The van der Waals surface area contributed by atoms with Crippen molar-refractivity contribution < 1.29 is 14.6 Å². The number of allylic oxidation sites excluding steroid dienone is 2. The van der Waals surface area contributed by atoms with E-state index in [2.05, 4.69) is 26.5 Å². The second-order valence-electron chi connectivity index (χ2n) is 8.17. The SMILES string of the molecule is C=C(C)C(CO)CC/C(C)=C/CC[C@H](C)CCOC(=O)C(C)(C)C. The molecule has 0 heterocycles. The quantitative estimate of drug-likeness (QED) is 0.411. The van der Waals surface area contributed by atoms with Crippen molar-refractivity contribution in [1.82, 2.24) is 0 Å². The summed E-state index contributed by atoms with van der Waals surface area (Å²) in [5.41, 5.74) is 2.02. The number of rotatable bonds is 11. The van der Waals surface area contributed by atoms with Crippen LogP contribution in [-0.2, 0) is 9.53 Å². The highest BCUT2D eigenvalue weighted by Crippen LogP contribution is 2.20. The largest absolute Gasteiger partial charge is 0.465 e. The third-order valence-electron chi connectivity index (χ3n) is 4.41. The first-order chi connectivity index (χ1) is 11.1. The van der Waals surface area contributed by atoms with Gasteiger partial charge in [-0.25, -0.2) is 0 Å². The third-order valence-corrected chi connectivity index (χ3v) is 4.41. The van der Waals surface area contributed by atoms with Gasteiger partial charge in [0.1, 0.15) is 0 Å². The molecule has 0 radical (unpaired) electrons. The van der Waals surface area contributed by atoms with Gasteiger partial charge in [0.15, 0.2) is 0 Å². The van der Waals surface area contributed by atoms with E-state index in [1.807, 2.05) is 27.7 Å². The second kappa shape index (κ2) is 11.5. The zero-order valence-corrected chi connectivity index (χ0v) is 16.7. The van der Waals surface area contributed by atoms with Gasteiger partial charge in [-0.2, -0.15) is 0 Å². The molecule has 0 spiro atoms. The Morgan fingerprint density at radius 1 is 1.21 bits per heavy atom. The molecular weight excluding hydrogens is 300 g/mol. The zero-order chi connectivity index (χ0) is 18.8. The van der Waals surface area contributed by atoms with Gasteiger partial charge in [0.25, 0.3) is 0 Å². The molecule has 0 aromatic rings. The number of aliphatic hydroxyl groups excluding tert-OH is 1. The van der Waals surface area contributed by atoms with Crippen LogP contribution in [0.4, 0.5) is 0 Å². The average Bonchev–Trinajstić information content (AvgIpc) is 2.46. The van der Waals surface area contributed by atoms with Crippen molar-refractivity contribution >= 4 is 5.97 Å². The zero-order valence-electron chi connectivity index (χ0n) is 16.7. The molecule has 0 rings (SSSR count). The van der Waals surface area contributed by atoms with Gasteiger partial charge in [-0.1, -0.05) is 30.7 Å². The van der Waals surface area contributed by atoms with E-state index in [4.69, 9.17) is 4.74 Å². The van der Waals surface area contributed by atoms with Gasteiger partial charge in [-0.05, 0) is 72.6 Å². The monoisotopic (exact) mass is 338 g/mol. The van der Waals surface area contributed by atoms with Gasteiger partial charge >= 0.3 is 5.97 Å². The molecule has 0 fully saturated rings. The van der Waals surface area contributed by atoms with Crippen LogP contribution < -0.4 is 0 Å². The topological polar surface area (TPSA) is 46.5 Å². The summed E-state index contributed by atoms with van der Waals surface area (Å²) in [5, 5.41) is 9.31. The summed E-state index contributed by atoms with van der Waals surface area (Å²) < 4.78 is 5.32. The van der Waals surface area contributed by atoms with Crippen molar-refractivity contribution in [3.8, 4) is 0 Å². The van der Waals surface area contributed by atoms with E-state index in [0.29, 0.717) is 12.5 Å². The highest BCUT2D eigenvalue weighted by molar-refractivity contribution is 5.75. The maximum Gasteiger partial charge on any atom is 0.311 e. The maximum atomic E-state index is 11.7. The normalized spacial score (nSPS) is 15.0. The Labute approximate surface area is 149 Å². The summed E-state index contributed by atoms with van der Waals surface area (Å²) in [6, 6.07) is 0. The fourth-order valence-corrected chi connectivity index (χ4v) is 2.33. The third kappa shape index (κ3) is 10.6. The van der Waals surface area contributed by atoms with Crippen molar-refractivity contribution in [2.24, 2.45) is 17.3 Å². The van der Waals surface area contributed by atoms with E-state index in [9.17, 15) is 9.90 Å². The number of ether oxygens (including phenoxy) is 1. The first-order valence-electron chi connectivity index (χ1n) is 9.17. The Balaban J connectivity index is 3.95. The summed E-state index contributed by atoms with van der Waals surface area (Å²) in [7, 11) is 0. The first kappa shape index (κ1) is 22.9. The summed E-state index contributed by atoms with van der Waals surface area (Å²) in [5.74, 6) is 0.633. The van der Waals surface area contributed by atoms with Crippen LogP contribution in [0.15, 0.2) is 23.8 Å². The lowest BCUT2D eigenvalue weighted by Crippen LogP contribution is -2.23. The van der Waals surface area contributed by atoms with E-state index in [1.165, 1.54) is 5.57 Å². The fraction of sp³-hybridized carbons (Fsp3) is 0.762. The standard InChI is InChI=1S/C21H38O3/c1-16(2)19(15-22)12-11-17(3)9-8-10-18(4)13-14-24-20(23)21(5,6)7/h9,18-19,22H,1,8,10-15H2,2-7H3/b17-9+/t18-,19?/m0/s1. The minimum Gasteiger partial charge on any atom is -0.465 e. The molecule has 140 valence electrons. The van der Waals surface area contributed by atoms with Crippen molar-refractivity contribution in [2.45, 2.75) is 73.6 Å². The summed E-state index contributed by atoms with van der Waals surface area (Å²) in [4.78, 5) is 11.7. The lowest BCUT2D eigenvalue weighted by molar-refractivity contribution is -0.153. The minimum atomic E-state index is -0.417. The van der Waals surface area contributed by atoms with Gasteiger partial charge in [0, 0.05) is 12.5 Å². The number of hydrogen-bond acceptors (Lipinski definition) is 3. The molecule has 24 heavy (non-hydrogen) atoms. The Bertz CT molecular complexity index is 415. The number of aliphatic hydroxyl groups is 1. The van der Waals surface area contributed by atoms with E-state index in [0.717, 1.165) is 37.7 Å². The Kier molecular flexibility index (Phi) is 10.9. The first-order valence-corrected chi connectivity index (χ1v) is 9.17. The molecule has 0 saturated carbocycles. The lowest BCUT2D eigenvalue weighted by atomic mass is 9.94. The van der Waals surface area contributed by atoms with E-state index in [1.54, 1.807) is 0 Å². The molecule has 3 heteroatoms. The van der Waals surface area contributed by atoms with Crippen LogP contribution in [0.1, 0.15) is 73.6 Å².